The van der Waals surface area contributed by atoms with E-state index in [2.05, 4.69) is 19.1 Å². The van der Waals surface area contributed by atoms with E-state index in [9.17, 15) is 13.2 Å². The number of amides is 1. The second kappa shape index (κ2) is 7.66. The molecule has 1 fully saturated rings. The minimum absolute atomic E-state index is 0.115. The number of nitrogens with one attached hydrogen (secondary N) is 1. The smallest absolute Gasteiger partial charge is 0.344 e. The Morgan fingerprint density at radius 2 is 2.07 bits per heavy atom. The second-order valence-electron chi connectivity index (χ2n) is 6.88. The number of carbonyl (C=O) groups excluding carboxylic acids is 1. The molecular weight excluding hydrogens is 396 g/mol. The molecule has 0 radical (unpaired) electrons. The van der Waals surface area contributed by atoms with Crippen molar-refractivity contribution in [2.45, 2.75) is 12.8 Å². The van der Waals surface area contributed by atoms with E-state index in [-0.39, 0.29) is 23.5 Å². The van der Waals surface area contributed by atoms with Gasteiger partial charge in [-0.05, 0) is 31.0 Å². The summed E-state index contributed by atoms with van der Waals surface area (Å²) in [5.74, 6) is 0.434. The third kappa shape index (κ3) is 4.14. The van der Waals surface area contributed by atoms with Crippen LogP contribution in [0.5, 0.6) is 5.75 Å². The van der Waals surface area contributed by atoms with Crippen molar-refractivity contribution in [2.75, 3.05) is 24.4 Å². The lowest BCUT2D eigenvalue weighted by atomic mass is 9.98. The molecule has 1 unspecified atom stereocenters. The summed E-state index contributed by atoms with van der Waals surface area (Å²) < 4.78 is 35.2. The maximum absolute atomic E-state index is 12.6. The molecule has 11 heteroatoms. The van der Waals surface area contributed by atoms with Crippen LogP contribution in [0.25, 0.3) is 0 Å². The first-order valence-electron chi connectivity index (χ1n) is 9.13. The van der Waals surface area contributed by atoms with Gasteiger partial charge >= 0.3 is 10.2 Å². The number of hydrogen-bond acceptors (Lipinski definition) is 7. The number of benzene rings is 1. The number of ether oxygens (including phenoxy) is 1. The van der Waals surface area contributed by atoms with Crippen LogP contribution in [0.4, 0.5) is 5.69 Å². The Labute approximate surface area is 168 Å². The molecule has 1 aromatic carbocycles. The van der Waals surface area contributed by atoms with Crippen LogP contribution in [0.15, 0.2) is 41.1 Å². The van der Waals surface area contributed by atoms with Gasteiger partial charge in [-0.3, -0.25) is 9.52 Å². The summed E-state index contributed by atoms with van der Waals surface area (Å²) in [6.45, 7) is 1.54. The fourth-order valence-electron chi connectivity index (χ4n) is 3.48. The van der Waals surface area contributed by atoms with Crippen LogP contribution in [0.1, 0.15) is 29.0 Å². The van der Waals surface area contributed by atoms with Crippen LogP contribution >= 0.6 is 0 Å². The highest BCUT2D eigenvalue weighted by Crippen LogP contribution is 2.31. The zero-order valence-corrected chi connectivity index (χ0v) is 16.3. The molecule has 0 saturated carbocycles. The standard InChI is InChI=1S/C18H20N6O4S/c19-16-15-13(22-29(26,27)23-16)5-1-6-14(15)28-11-12-4-2-9-24(10-12)18(25)17-20-7-3-8-21-17/h1,3,5-8,12,22H,2,4,9-11H2,(H2,19,23). The van der Waals surface area contributed by atoms with E-state index in [0.29, 0.717) is 36.7 Å². The summed E-state index contributed by atoms with van der Waals surface area (Å²) in [5.41, 5.74) is 6.59. The zero-order valence-electron chi connectivity index (χ0n) is 15.5. The van der Waals surface area contributed by atoms with E-state index in [1.807, 2.05) is 0 Å². The quantitative estimate of drug-likeness (QED) is 0.750. The molecule has 3 N–H and O–H groups in total. The molecule has 0 bridgehead atoms. The lowest BCUT2D eigenvalue weighted by Gasteiger charge is -2.32. The average Bonchev–Trinajstić information content (AvgIpc) is 2.71. The van der Waals surface area contributed by atoms with Gasteiger partial charge in [0, 0.05) is 31.4 Å². The Bertz CT molecular complexity index is 1060. The highest BCUT2D eigenvalue weighted by molar-refractivity contribution is 7.91. The second-order valence-corrected chi connectivity index (χ2v) is 8.21. The number of piperidine rings is 1. The van der Waals surface area contributed by atoms with E-state index in [0.717, 1.165) is 12.8 Å². The van der Waals surface area contributed by atoms with E-state index in [4.69, 9.17) is 10.5 Å². The molecule has 1 saturated heterocycles. The van der Waals surface area contributed by atoms with E-state index in [1.54, 1.807) is 41.6 Å². The van der Waals surface area contributed by atoms with Crippen molar-refractivity contribution in [2.24, 2.45) is 16.0 Å². The van der Waals surface area contributed by atoms with Crippen LogP contribution in [-0.2, 0) is 10.2 Å². The first kappa shape index (κ1) is 19.1. The Morgan fingerprint density at radius 1 is 1.28 bits per heavy atom. The maximum Gasteiger partial charge on any atom is 0.344 e. The van der Waals surface area contributed by atoms with Gasteiger partial charge in [-0.25, -0.2) is 9.97 Å². The normalized spacial score (nSPS) is 20.2. The SMILES string of the molecule is NC1=NS(=O)(=O)Nc2cccc(OCC3CCCN(C(=O)c4ncccn4)C3)c21. The number of nitrogens with two attached hydrogens (primary N) is 1. The fourth-order valence-corrected chi connectivity index (χ4v) is 4.33. The number of amidine groups is 1. The topological polar surface area (TPSA) is 140 Å². The first-order chi connectivity index (χ1) is 13.9. The van der Waals surface area contributed by atoms with Crippen LogP contribution in [0.2, 0.25) is 0 Å². The number of hydrogen-bond donors (Lipinski definition) is 2. The predicted octanol–water partition coefficient (Wildman–Crippen LogP) is 0.783. The average molecular weight is 416 g/mol. The molecule has 1 amide bonds. The van der Waals surface area contributed by atoms with Gasteiger partial charge in [0.15, 0.2) is 5.84 Å². The lowest BCUT2D eigenvalue weighted by molar-refractivity contribution is 0.0621. The first-order valence-corrected chi connectivity index (χ1v) is 10.6. The van der Waals surface area contributed by atoms with Gasteiger partial charge in [-0.2, -0.15) is 8.42 Å². The molecular formula is C18H20N6O4S. The molecule has 1 aromatic heterocycles. The van der Waals surface area contributed by atoms with Crippen molar-refractivity contribution in [3.8, 4) is 5.75 Å². The van der Waals surface area contributed by atoms with Crippen molar-refractivity contribution < 1.29 is 17.9 Å². The van der Waals surface area contributed by atoms with Crippen LogP contribution in [0, 0.1) is 5.92 Å². The zero-order chi connectivity index (χ0) is 20.4. The van der Waals surface area contributed by atoms with Crippen molar-refractivity contribution in [3.63, 3.8) is 0 Å². The third-order valence-electron chi connectivity index (χ3n) is 4.78. The third-order valence-corrected chi connectivity index (χ3v) is 5.69. The van der Waals surface area contributed by atoms with Crippen molar-refractivity contribution in [3.05, 3.63) is 48.0 Å². The molecule has 1 atom stereocenters. The Balaban J connectivity index is 1.44. The van der Waals surface area contributed by atoms with Gasteiger partial charge in [0.2, 0.25) is 5.82 Å². The van der Waals surface area contributed by atoms with Gasteiger partial charge in [0.25, 0.3) is 5.91 Å². The molecule has 0 aliphatic carbocycles. The molecule has 2 aliphatic heterocycles. The Kier molecular flexibility index (Phi) is 5.05. The summed E-state index contributed by atoms with van der Waals surface area (Å²) in [6, 6.07) is 6.66. The Morgan fingerprint density at radius 3 is 2.86 bits per heavy atom. The summed E-state index contributed by atoms with van der Waals surface area (Å²) >= 11 is 0. The highest BCUT2D eigenvalue weighted by atomic mass is 32.2. The lowest BCUT2D eigenvalue weighted by Crippen LogP contribution is -2.42. The number of rotatable bonds is 4. The molecule has 2 aromatic rings. The van der Waals surface area contributed by atoms with Crippen LogP contribution in [-0.4, -0.2) is 54.7 Å². The Hall–Kier alpha value is -3.21. The van der Waals surface area contributed by atoms with Crippen molar-refractivity contribution >= 4 is 27.6 Å². The van der Waals surface area contributed by atoms with Gasteiger partial charge < -0.3 is 15.4 Å². The number of likely N-dealkylation sites (tertiary alicyclic amines) is 1. The predicted molar refractivity (Wildman–Crippen MR) is 106 cm³/mol. The summed E-state index contributed by atoms with van der Waals surface area (Å²) in [5, 5.41) is 0. The molecule has 152 valence electrons. The maximum atomic E-state index is 12.6. The molecule has 4 rings (SSSR count). The van der Waals surface area contributed by atoms with Gasteiger partial charge in [-0.1, -0.05) is 6.07 Å². The van der Waals surface area contributed by atoms with Crippen molar-refractivity contribution in [1.29, 1.82) is 0 Å². The van der Waals surface area contributed by atoms with Gasteiger partial charge in [-0.15, -0.1) is 4.40 Å². The van der Waals surface area contributed by atoms with Crippen LogP contribution < -0.4 is 15.2 Å². The number of nitrogens with zero attached hydrogens (tertiary/aromatic N) is 4. The molecule has 29 heavy (non-hydrogen) atoms. The molecule has 2 aliphatic rings. The van der Waals surface area contributed by atoms with E-state index in [1.165, 1.54) is 0 Å². The van der Waals surface area contributed by atoms with Gasteiger partial charge in [0.05, 0.1) is 17.9 Å². The molecule has 10 nitrogen and oxygen atoms in total. The van der Waals surface area contributed by atoms with Crippen LogP contribution in [0.3, 0.4) is 0 Å². The van der Waals surface area contributed by atoms with E-state index >= 15 is 0 Å². The minimum Gasteiger partial charge on any atom is -0.492 e. The minimum atomic E-state index is -3.84. The number of anilines is 1. The summed E-state index contributed by atoms with van der Waals surface area (Å²) in [4.78, 5) is 22.4. The monoisotopic (exact) mass is 416 g/mol. The largest absolute Gasteiger partial charge is 0.492 e. The van der Waals surface area contributed by atoms with E-state index < -0.39 is 10.2 Å². The fraction of sp³-hybridized carbons (Fsp3) is 0.333. The summed E-state index contributed by atoms with van der Waals surface area (Å²) in [6.07, 6.45) is 4.85. The van der Waals surface area contributed by atoms with Crippen molar-refractivity contribution in [1.82, 2.24) is 14.9 Å². The number of aromatic nitrogens is 2. The number of fused-ring (bicyclic) bond motifs is 1. The molecule has 3 heterocycles. The van der Waals surface area contributed by atoms with Gasteiger partial charge in [0.1, 0.15) is 5.75 Å². The molecule has 0 spiro atoms. The summed E-state index contributed by atoms with van der Waals surface area (Å²) in [7, 11) is -3.84. The number of carbonyl (C=O) groups is 1. The highest BCUT2D eigenvalue weighted by Gasteiger charge is 2.28.